The van der Waals surface area contributed by atoms with Gasteiger partial charge in [0.1, 0.15) is 12.1 Å². The molecule has 1 N–H and O–H groups in total. The van der Waals surface area contributed by atoms with E-state index in [-0.39, 0.29) is 5.56 Å². The summed E-state index contributed by atoms with van der Waals surface area (Å²) in [6, 6.07) is 21.5. The number of nitrogens with zero attached hydrogens (tertiary/aromatic N) is 2. The van der Waals surface area contributed by atoms with Gasteiger partial charge in [-0.15, -0.1) is 0 Å². The summed E-state index contributed by atoms with van der Waals surface area (Å²) < 4.78 is 39.6. The molecule has 0 saturated carbocycles. The Balaban J connectivity index is 1.59. The van der Waals surface area contributed by atoms with Gasteiger partial charge in [-0.05, 0) is 35.7 Å². The van der Waals surface area contributed by atoms with E-state index in [4.69, 9.17) is 0 Å². The van der Waals surface area contributed by atoms with Gasteiger partial charge in [0, 0.05) is 7.05 Å². The van der Waals surface area contributed by atoms with E-state index in [1.165, 1.54) is 24.0 Å². The van der Waals surface area contributed by atoms with Crippen molar-refractivity contribution >= 4 is 17.8 Å². The maximum atomic E-state index is 13.3. The van der Waals surface area contributed by atoms with Crippen LogP contribution in [0.15, 0.2) is 84.9 Å². The van der Waals surface area contributed by atoms with E-state index in [0.717, 1.165) is 28.2 Å². The second-order valence-corrected chi connectivity index (χ2v) is 8.75. The fraction of sp³-hybridized carbons (Fsp3) is 0.222. The summed E-state index contributed by atoms with van der Waals surface area (Å²) in [5, 5.41) is 2.46. The molecule has 36 heavy (non-hydrogen) atoms. The lowest BCUT2D eigenvalue weighted by Crippen LogP contribution is -2.44. The molecule has 0 spiro atoms. The van der Waals surface area contributed by atoms with Gasteiger partial charge < -0.3 is 10.2 Å². The summed E-state index contributed by atoms with van der Waals surface area (Å²) in [5.41, 5.74) is -1.03. The third-order valence-corrected chi connectivity index (χ3v) is 6.35. The van der Waals surface area contributed by atoms with Crippen LogP contribution in [0.2, 0.25) is 0 Å². The van der Waals surface area contributed by atoms with E-state index in [1.807, 2.05) is 60.7 Å². The maximum absolute atomic E-state index is 13.3. The molecular weight excluding hydrogens is 471 g/mol. The highest BCUT2D eigenvalue weighted by molar-refractivity contribution is 6.09. The molecule has 3 aromatic rings. The number of carbonyl (C=O) groups is 3. The Morgan fingerprint density at radius 3 is 2.03 bits per heavy atom. The van der Waals surface area contributed by atoms with Crippen molar-refractivity contribution in [2.75, 3.05) is 13.6 Å². The van der Waals surface area contributed by atoms with Crippen molar-refractivity contribution in [1.82, 2.24) is 15.1 Å². The van der Waals surface area contributed by atoms with Gasteiger partial charge in [-0.3, -0.25) is 14.5 Å². The number of urea groups is 1. The first kappa shape index (κ1) is 25.0. The molecule has 1 atom stereocenters. The van der Waals surface area contributed by atoms with Gasteiger partial charge >= 0.3 is 12.2 Å². The number of halogens is 3. The predicted octanol–water partition coefficient (Wildman–Crippen LogP) is 4.72. The number of imide groups is 1. The Kier molecular flexibility index (Phi) is 6.58. The average molecular weight is 496 g/mol. The number of carbonyl (C=O) groups excluding carboxylic acids is 3. The Bertz CT molecular complexity index is 1240. The number of benzene rings is 3. The molecule has 1 unspecified atom stereocenters. The van der Waals surface area contributed by atoms with E-state index in [2.05, 4.69) is 5.32 Å². The first-order chi connectivity index (χ1) is 17.0. The molecular formula is C27H24F3N3O3. The van der Waals surface area contributed by atoms with E-state index >= 15 is 0 Å². The van der Waals surface area contributed by atoms with Gasteiger partial charge in [0.2, 0.25) is 5.91 Å². The van der Waals surface area contributed by atoms with Crippen molar-refractivity contribution < 1.29 is 27.6 Å². The highest BCUT2D eigenvalue weighted by Gasteiger charge is 2.50. The van der Waals surface area contributed by atoms with Crippen molar-refractivity contribution in [1.29, 1.82) is 0 Å². The summed E-state index contributed by atoms with van der Waals surface area (Å²) in [6.07, 6.45) is -4.61. The second kappa shape index (κ2) is 9.49. The molecule has 1 fully saturated rings. The van der Waals surface area contributed by atoms with E-state index in [9.17, 15) is 27.6 Å². The smallest absolute Gasteiger partial charge is 0.333 e. The highest BCUT2D eigenvalue weighted by atomic mass is 19.4. The molecule has 9 heteroatoms. The number of hydrogen-bond donors (Lipinski definition) is 1. The molecule has 3 aromatic carbocycles. The fourth-order valence-corrected chi connectivity index (χ4v) is 4.34. The fourth-order valence-electron chi connectivity index (χ4n) is 4.34. The van der Waals surface area contributed by atoms with Crippen LogP contribution in [-0.4, -0.2) is 41.2 Å². The molecule has 0 bridgehead atoms. The lowest BCUT2D eigenvalue weighted by atomic mass is 9.90. The summed E-state index contributed by atoms with van der Waals surface area (Å²) in [7, 11) is 1.58. The highest BCUT2D eigenvalue weighted by Crippen LogP contribution is 2.35. The monoisotopic (exact) mass is 495 g/mol. The molecule has 1 heterocycles. The van der Waals surface area contributed by atoms with Crippen LogP contribution in [0.25, 0.3) is 0 Å². The van der Waals surface area contributed by atoms with Crippen molar-refractivity contribution in [2.45, 2.75) is 24.7 Å². The maximum Gasteiger partial charge on any atom is 0.416 e. The molecule has 186 valence electrons. The Morgan fingerprint density at radius 2 is 1.50 bits per heavy atom. The Labute approximate surface area is 206 Å². The van der Waals surface area contributed by atoms with Crippen LogP contribution >= 0.6 is 0 Å². The molecule has 0 radical (unpaired) electrons. The SMILES string of the molecule is CN(C(=O)CN1C(=O)NC(C)(c2cccc(C(F)(F)F)c2)C1=O)C(c1ccccc1)c1ccccc1. The summed E-state index contributed by atoms with van der Waals surface area (Å²) >= 11 is 0. The van der Waals surface area contributed by atoms with E-state index in [0.29, 0.717) is 0 Å². The number of hydrogen-bond acceptors (Lipinski definition) is 3. The van der Waals surface area contributed by atoms with Gasteiger partial charge in [-0.25, -0.2) is 4.79 Å². The van der Waals surface area contributed by atoms with Crippen LogP contribution in [0.1, 0.15) is 35.2 Å². The van der Waals surface area contributed by atoms with Crippen LogP contribution in [-0.2, 0) is 21.3 Å². The van der Waals surface area contributed by atoms with E-state index < -0.39 is 47.7 Å². The number of alkyl halides is 3. The summed E-state index contributed by atoms with van der Waals surface area (Å²) in [6.45, 7) is 0.763. The molecule has 4 rings (SSSR count). The van der Waals surface area contributed by atoms with Gasteiger partial charge in [0.15, 0.2) is 0 Å². The van der Waals surface area contributed by atoms with Crippen LogP contribution in [0, 0.1) is 0 Å². The Hall–Kier alpha value is -4.14. The van der Waals surface area contributed by atoms with Crippen molar-refractivity contribution in [3.05, 3.63) is 107 Å². The van der Waals surface area contributed by atoms with Crippen LogP contribution in [0.3, 0.4) is 0 Å². The predicted molar refractivity (Wildman–Crippen MR) is 127 cm³/mol. The first-order valence-corrected chi connectivity index (χ1v) is 11.2. The molecule has 6 nitrogen and oxygen atoms in total. The zero-order valence-corrected chi connectivity index (χ0v) is 19.6. The number of nitrogens with one attached hydrogen (secondary N) is 1. The number of amides is 4. The lowest BCUT2D eigenvalue weighted by Gasteiger charge is -2.30. The number of likely N-dealkylation sites (N-methyl/N-ethyl adjacent to an activating group) is 1. The third-order valence-electron chi connectivity index (χ3n) is 6.35. The largest absolute Gasteiger partial charge is 0.416 e. The second-order valence-electron chi connectivity index (χ2n) is 8.75. The van der Waals surface area contributed by atoms with Crippen LogP contribution in [0.5, 0.6) is 0 Å². The van der Waals surface area contributed by atoms with Gasteiger partial charge in [0.05, 0.1) is 11.6 Å². The third kappa shape index (κ3) is 4.68. The van der Waals surface area contributed by atoms with Crippen molar-refractivity contribution in [3.63, 3.8) is 0 Å². The van der Waals surface area contributed by atoms with Crippen molar-refractivity contribution in [3.8, 4) is 0 Å². The minimum Gasteiger partial charge on any atom is -0.333 e. The average Bonchev–Trinajstić information content (AvgIpc) is 3.08. The molecule has 4 amide bonds. The molecule has 1 saturated heterocycles. The molecule has 1 aliphatic heterocycles. The van der Waals surface area contributed by atoms with Gasteiger partial charge in [0.25, 0.3) is 5.91 Å². The lowest BCUT2D eigenvalue weighted by molar-refractivity contribution is -0.139. The summed E-state index contributed by atoms with van der Waals surface area (Å²) in [4.78, 5) is 41.5. The number of rotatable bonds is 6. The minimum atomic E-state index is -4.61. The zero-order valence-electron chi connectivity index (χ0n) is 19.6. The first-order valence-electron chi connectivity index (χ1n) is 11.2. The van der Waals surface area contributed by atoms with Crippen LogP contribution < -0.4 is 5.32 Å². The van der Waals surface area contributed by atoms with Crippen molar-refractivity contribution in [2.24, 2.45) is 0 Å². The summed E-state index contributed by atoms with van der Waals surface area (Å²) in [5.74, 6) is -1.31. The topological polar surface area (TPSA) is 69.7 Å². The minimum absolute atomic E-state index is 0.0228. The van der Waals surface area contributed by atoms with Gasteiger partial charge in [-0.2, -0.15) is 13.2 Å². The normalized spacial score (nSPS) is 17.9. The zero-order chi connectivity index (χ0) is 26.1. The van der Waals surface area contributed by atoms with Crippen LogP contribution in [0.4, 0.5) is 18.0 Å². The molecule has 1 aliphatic rings. The Morgan fingerprint density at radius 1 is 0.944 bits per heavy atom. The quantitative estimate of drug-likeness (QED) is 0.503. The standard InChI is InChI=1S/C27H24F3N3O3/c1-26(20-14-9-15-21(16-20)27(28,29)30)24(35)33(25(36)31-26)17-22(34)32(2)23(18-10-5-3-6-11-18)19-12-7-4-8-13-19/h3-16,23H,17H2,1-2H3,(H,31,36). The molecule has 0 aromatic heterocycles. The van der Waals surface area contributed by atoms with E-state index in [1.54, 1.807) is 7.05 Å². The van der Waals surface area contributed by atoms with Gasteiger partial charge in [-0.1, -0.05) is 72.8 Å². The molecule has 0 aliphatic carbocycles.